The average molecular weight is 303 g/mol. The minimum absolute atomic E-state index is 0.0909. The van der Waals surface area contributed by atoms with E-state index in [0.29, 0.717) is 6.54 Å². The Labute approximate surface area is 129 Å². The lowest BCUT2D eigenvalue weighted by Gasteiger charge is -2.30. The van der Waals surface area contributed by atoms with Crippen molar-refractivity contribution in [2.75, 3.05) is 19.6 Å². The summed E-state index contributed by atoms with van der Waals surface area (Å²) in [4.78, 5) is 16.8. The number of fused-ring (bicyclic) bond motifs is 1. The van der Waals surface area contributed by atoms with Gasteiger partial charge in [-0.15, -0.1) is 11.3 Å². The van der Waals surface area contributed by atoms with Crippen LogP contribution in [0.3, 0.4) is 0 Å². The number of aryl methyl sites for hydroxylation is 2. The summed E-state index contributed by atoms with van der Waals surface area (Å²) >= 11 is 1.68. The molecule has 1 aliphatic heterocycles. The van der Waals surface area contributed by atoms with Crippen LogP contribution >= 0.6 is 11.3 Å². The fourth-order valence-electron chi connectivity index (χ4n) is 3.19. The van der Waals surface area contributed by atoms with Crippen molar-refractivity contribution in [3.05, 3.63) is 21.4 Å². The van der Waals surface area contributed by atoms with Crippen molar-refractivity contribution in [1.29, 1.82) is 5.26 Å². The monoisotopic (exact) mass is 303 g/mol. The van der Waals surface area contributed by atoms with Gasteiger partial charge in [-0.25, -0.2) is 0 Å². The van der Waals surface area contributed by atoms with E-state index in [9.17, 15) is 4.79 Å². The quantitative estimate of drug-likeness (QED) is 0.872. The van der Waals surface area contributed by atoms with Gasteiger partial charge >= 0.3 is 0 Å². The first-order chi connectivity index (χ1) is 10.3. The summed E-state index contributed by atoms with van der Waals surface area (Å²) in [7, 11) is 0. The molecular formula is C16H21N3OS. The number of nitrogens with zero attached hydrogens (tertiary/aromatic N) is 2. The lowest BCUT2D eigenvalue weighted by Crippen LogP contribution is -2.44. The number of hydrogen-bond acceptors (Lipinski definition) is 4. The van der Waals surface area contributed by atoms with E-state index in [2.05, 4.69) is 22.4 Å². The molecule has 1 fully saturated rings. The number of carbonyl (C=O) groups is 1. The Morgan fingerprint density at radius 2 is 2.14 bits per heavy atom. The Kier molecular flexibility index (Phi) is 4.57. The van der Waals surface area contributed by atoms with Crippen LogP contribution in [0.5, 0.6) is 0 Å². The highest BCUT2D eigenvalue weighted by molar-refractivity contribution is 7.14. The lowest BCUT2D eigenvalue weighted by atomic mass is 9.99. The molecule has 0 aromatic carbocycles. The molecule has 0 radical (unpaired) electrons. The SMILES string of the molecule is N#CCN1CCC(NC(=O)c2cc3c(s2)CCCC3)CC1. The fraction of sp³-hybridized carbons (Fsp3) is 0.625. The van der Waals surface area contributed by atoms with Crippen LogP contribution in [0.15, 0.2) is 6.07 Å². The van der Waals surface area contributed by atoms with Gasteiger partial charge in [0.2, 0.25) is 0 Å². The van der Waals surface area contributed by atoms with Gasteiger partial charge in [-0.1, -0.05) is 0 Å². The molecule has 2 heterocycles. The second kappa shape index (κ2) is 6.59. The smallest absolute Gasteiger partial charge is 0.261 e. The van der Waals surface area contributed by atoms with Crippen LogP contribution in [0.1, 0.15) is 45.8 Å². The van der Waals surface area contributed by atoms with E-state index in [1.54, 1.807) is 11.3 Å². The van der Waals surface area contributed by atoms with Gasteiger partial charge in [0.25, 0.3) is 5.91 Å². The van der Waals surface area contributed by atoms with Gasteiger partial charge in [-0.2, -0.15) is 5.26 Å². The van der Waals surface area contributed by atoms with E-state index in [1.807, 2.05) is 0 Å². The van der Waals surface area contributed by atoms with Crippen molar-refractivity contribution in [2.45, 2.75) is 44.6 Å². The zero-order chi connectivity index (χ0) is 14.7. The van der Waals surface area contributed by atoms with E-state index in [0.717, 1.165) is 43.6 Å². The Morgan fingerprint density at radius 3 is 2.86 bits per heavy atom. The molecule has 0 atom stereocenters. The summed E-state index contributed by atoms with van der Waals surface area (Å²) in [6.07, 6.45) is 6.66. The van der Waals surface area contributed by atoms with Crippen molar-refractivity contribution in [3.8, 4) is 6.07 Å². The van der Waals surface area contributed by atoms with E-state index in [1.165, 1.54) is 23.3 Å². The molecule has 4 nitrogen and oxygen atoms in total. The zero-order valence-corrected chi connectivity index (χ0v) is 13.0. The summed E-state index contributed by atoms with van der Waals surface area (Å²) in [6, 6.07) is 4.54. The second-order valence-corrected chi connectivity index (χ2v) is 7.08. The van der Waals surface area contributed by atoms with Crippen molar-refractivity contribution >= 4 is 17.2 Å². The number of amides is 1. The van der Waals surface area contributed by atoms with Crippen molar-refractivity contribution < 1.29 is 4.79 Å². The van der Waals surface area contributed by atoms with Crippen LogP contribution in [0, 0.1) is 11.3 Å². The maximum Gasteiger partial charge on any atom is 0.261 e. The van der Waals surface area contributed by atoms with Gasteiger partial charge in [0.05, 0.1) is 17.5 Å². The number of thiophene rings is 1. The largest absolute Gasteiger partial charge is 0.349 e. The van der Waals surface area contributed by atoms with Crippen LogP contribution in [0.2, 0.25) is 0 Å². The average Bonchev–Trinajstić information content (AvgIpc) is 2.94. The van der Waals surface area contributed by atoms with Gasteiger partial charge in [0.1, 0.15) is 0 Å². The van der Waals surface area contributed by atoms with E-state index in [-0.39, 0.29) is 11.9 Å². The molecule has 0 unspecified atom stereocenters. The molecule has 1 aromatic rings. The molecule has 5 heteroatoms. The number of likely N-dealkylation sites (tertiary alicyclic amines) is 1. The summed E-state index contributed by atoms with van der Waals surface area (Å²) in [5, 5.41) is 11.9. The maximum absolute atomic E-state index is 12.4. The van der Waals surface area contributed by atoms with Gasteiger partial charge in [-0.3, -0.25) is 9.69 Å². The number of rotatable bonds is 3. The number of nitrogens with one attached hydrogen (secondary N) is 1. The molecule has 0 spiro atoms. The normalized spacial score (nSPS) is 19.8. The van der Waals surface area contributed by atoms with Crippen LogP contribution in [-0.2, 0) is 12.8 Å². The predicted octanol–water partition coefficient (Wildman–Crippen LogP) is 2.34. The third kappa shape index (κ3) is 3.45. The zero-order valence-electron chi connectivity index (χ0n) is 12.2. The van der Waals surface area contributed by atoms with Gasteiger partial charge < -0.3 is 5.32 Å². The number of piperidine rings is 1. The molecule has 0 saturated carbocycles. The first-order valence-electron chi connectivity index (χ1n) is 7.78. The van der Waals surface area contributed by atoms with Crippen LogP contribution < -0.4 is 5.32 Å². The fourth-order valence-corrected chi connectivity index (χ4v) is 4.35. The molecule has 1 aromatic heterocycles. The van der Waals surface area contributed by atoms with E-state index < -0.39 is 0 Å². The molecule has 1 N–H and O–H groups in total. The number of nitriles is 1. The van der Waals surface area contributed by atoms with Gasteiger partial charge in [-0.05, 0) is 50.2 Å². The highest BCUT2D eigenvalue weighted by atomic mass is 32.1. The van der Waals surface area contributed by atoms with Gasteiger partial charge in [0.15, 0.2) is 0 Å². The Morgan fingerprint density at radius 1 is 1.38 bits per heavy atom. The van der Waals surface area contributed by atoms with E-state index >= 15 is 0 Å². The molecule has 1 amide bonds. The van der Waals surface area contributed by atoms with Crippen molar-refractivity contribution in [2.24, 2.45) is 0 Å². The highest BCUT2D eigenvalue weighted by Gasteiger charge is 2.23. The predicted molar refractivity (Wildman–Crippen MR) is 83.5 cm³/mol. The van der Waals surface area contributed by atoms with E-state index in [4.69, 9.17) is 5.26 Å². The lowest BCUT2D eigenvalue weighted by molar-refractivity contribution is 0.0918. The molecule has 1 aliphatic carbocycles. The summed E-state index contributed by atoms with van der Waals surface area (Å²) in [6.45, 7) is 2.30. The van der Waals surface area contributed by atoms with Crippen molar-refractivity contribution in [3.63, 3.8) is 0 Å². The first-order valence-corrected chi connectivity index (χ1v) is 8.59. The second-order valence-electron chi connectivity index (χ2n) is 5.95. The standard InChI is InChI=1S/C16H21N3OS/c17-7-10-19-8-5-13(6-9-19)18-16(20)15-11-12-3-1-2-4-14(12)21-15/h11,13H,1-6,8-10H2,(H,18,20). The number of carbonyl (C=O) groups excluding carboxylic acids is 1. The van der Waals surface area contributed by atoms with Crippen LogP contribution in [0.25, 0.3) is 0 Å². The molecule has 1 saturated heterocycles. The Balaban J connectivity index is 1.55. The van der Waals surface area contributed by atoms with Crippen LogP contribution in [-0.4, -0.2) is 36.5 Å². The summed E-state index contributed by atoms with van der Waals surface area (Å²) in [5.74, 6) is 0.0909. The van der Waals surface area contributed by atoms with Crippen LogP contribution in [0.4, 0.5) is 0 Å². The Bertz CT molecular complexity index is 529. The minimum atomic E-state index is 0.0909. The summed E-state index contributed by atoms with van der Waals surface area (Å²) < 4.78 is 0. The highest BCUT2D eigenvalue weighted by Crippen LogP contribution is 2.29. The molecular weight excluding hydrogens is 282 g/mol. The topological polar surface area (TPSA) is 56.1 Å². The first kappa shape index (κ1) is 14.6. The minimum Gasteiger partial charge on any atom is -0.349 e. The van der Waals surface area contributed by atoms with Crippen molar-refractivity contribution in [1.82, 2.24) is 10.2 Å². The number of hydrogen-bond donors (Lipinski definition) is 1. The van der Waals surface area contributed by atoms with Gasteiger partial charge in [0, 0.05) is 24.0 Å². The third-order valence-electron chi connectivity index (χ3n) is 4.44. The molecule has 21 heavy (non-hydrogen) atoms. The third-order valence-corrected chi connectivity index (χ3v) is 5.67. The molecule has 3 rings (SSSR count). The summed E-state index contributed by atoms with van der Waals surface area (Å²) in [5.41, 5.74) is 1.39. The molecule has 0 bridgehead atoms. The Hall–Kier alpha value is -1.38. The molecule has 2 aliphatic rings. The molecule has 112 valence electrons. The maximum atomic E-state index is 12.4.